The third kappa shape index (κ3) is 10.1. The fraction of sp³-hybridized carbons (Fsp3) is 0.381. The van der Waals surface area contributed by atoms with Gasteiger partial charge in [-0.25, -0.2) is 9.97 Å². The van der Waals surface area contributed by atoms with Crippen molar-refractivity contribution in [1.82, 2.24) is 30.8 Å². The van der Waals surface area contributed by atoms with Crippen LogP contribution in [0, 0.1) is 6.92 Å². The quantitative estimate of drug-likeness (QED) is 0.151. The van der Waals surface area contributed by atoms with Gasteiger partial charge < -0.3 is 41.8 Å². The maximum Gasteiger partial charge on any atom is 0.255 e. The van der Waals surface area contributed by atoms with Crippen molar-refractivity contribution in [1.29, 1.82) is 0 Å². The number of ether oxygens (including phenoxy) is 2. The van der Waals surface area contributed by atoms with Crippen LogP contribution in [0.1, 0.15) is 66.5 Å². The zero-order valence-corrected chi connectivity index (χ0v) is 32.9. The predicted octanol–water partition coefficient (Wildman–Crippen LogP) is 3.20. The average molecular weight is 765 g/mol. The van der Waals surface area contributed by atoms with Crippen molar-refractivity contribution in [3.05, 3.63) is 94.8 Å². The molecule has 2 unspecified atom stereocenters. The number of amides is 4. The van der Waals surface area contributed by atoms with E-state index >= 15 is 0 Å². The van der Waals surface area contributed by atoms with E-state index in [2.05, 4.69) is 46.7 Å². The highest BCUT2D eigenvalue weighted by Gasteiger charge is 2.31. The Morgan fingerprint density at radius 1 is 0.946 bits per heavy atom. The van der Waals surface area contributed by atoms with E-state index in [9.17, 15) is 19.2 Å². The highest BCUT2D eigenvalue weighted by Crippen LogP contribution is 2.40. The number of benzene rings is 3. The van der Waals surface area contributed by atoms with Crippen LogP contribution in [0.15, 0.2) is 66.9 Å². The average Bonchev–Trinajstić information content (AvgIpc) is 3.17. The summed E-state index contributed by atoms with van der Waals surface area (Å²) in [6.07, 6.45) is 1.95. The Labute approximate surface area is 327 Å². The molecule has 0 saturated heterocycles. The second kappa shape index (κ2) is 18.2. The van der Waals surface area contributed by atoms with Gasteiger partial charge in [-0.1, -0.05) is 57.2 Å². The van der Waals surface area contributed by atoms with Gasteiger partial charge in [-0.15, -0.1) is 0 Å². The van der Waals surface area contributed by atoms with Gasteiger partial charge in [0.25, 0.3) is 5.91 Å². The maximum absolute atomic E-state index is 14.0. The molecule has 0 spiro atoms. The number of fused-ring (bicyclic) bond motifs is 5. The minimum Gasteiger partial charge on any atom is -0.492 e. The lowest BCUT2D eigenvalue weighted by molar-refractivity contribution is -0.139. The molecule has 7 N–H and O–H groups in total. The molecule has 1 aliphatic rings. The van der Waals surface area contributed by atoms with Crippen molar-refractivity contribution in [2.75, 3.05) is 46.4 Å². The molecular formula is C42H52N8O6. The summed E-state index contributed by atoms with van der Waals surface area (Å²) in [5.74, 6) is -0.591. The third-order valence-electron chi connectivity index (χ3n) is 9.44. The molecule has 0 aliphatic carbocycles. The topological polar surface area (TPSA) is 204 Å². The number of rotatable bonds is 11. The lowest BCUT2D eigenvalue weighted by Crippen LogP contribution is -2.48. The van der Waals surface area contributed by atoms with E-state index in [1.54, 1.807) is 25.1 Å². The number of likely N-dealkylation sites (N-methyl/N-ethyl adjacent to an activating group) is 1. The Hall–Kier alpha value is -5.86. The molecule has 2 atom stereocenters. The molecule has 2 heterocycles. The fourth-order valence-electron chi connectivity index (χ4n) is 6.45. The lowest BCUT2D eigenvalue weighted by Gasteiger charge is -2.29. The van der Waals surface area contributed by atoms with Gasteiger partial charge in [0, 0.05) is 49.1 Å². The molecule has 14 nitrogen and oxygen atoms in total. The molecule has 5 rings (SSSR count). The molecule has 0 saturated carbocycles. The van der Waals surface area contributed by atoms with Gasteiger partial charge in [0.2, 0.25) is 17.7 Å². The molecule has 3 aromatic carbocycles. The van der Waals surface area contributed by atoms with Crippen LogP contribution in [-0.4, -0.2) is 91.0 Å². The van der Waals surface area contributed by atoms with Gasteiger partial charge in [-0.05, 0) is 66.6 Å². The number of aromatic nitrogens is 2. The Bertz CT molecular complexity index is 2060. The standard InChI is InChI=1S/C42H52N8O6/c1-25-19-27-7-13-34(55-17-15-43)31(20-27)32-21-29(10-14-35(32)56-18-16-44)38(41(54)46-23-36(51)48-25)50(6)37(52)24-47-40(53)33-22-45-39(49-26(33)2)28-8-11-30(12-9-28)42(3,4)5/h7-14,20-22,25,38H,15-19,23-24,43-44H2,1-6H3,(H,46,54)(H,47,53)(H,48,51). The lowest BCUT2D eigenvalue weighted by atomic mass is 9.87. The zero-order valence-electron chi connectivity index (χ0n) is 32.9. The molecule has 296 valence electrons. The summed E-state index contributed by atoms with van der Waals surface area (Å²) < 4.78 is 12.1. The Morgan fingerprint density at radius 3 is 2.21 bits per heavy atom. The van der Waals surface area contributed by atoms with Crippen molar-refractivity contribution in [2.45, 2.75) is 58.5 Å². The molecule has 0 radical (unpaired) electrons. The molecular weight excluding hydrogens is 713 g/mol. The van der Waals surface area contributed by atoms with Gasteiger partial charge >= 0.3 is 0 Å². The number of aryl methyl sites for hydroxylation is 1. The normalized spacial score (nSPS) is 15.9. The number of nitrogens with one attached hydrogen (secondary N) is 3. The molecule has 4 amide bonds. The maximum atomic E-state index is 14.0. The molecule has 14 heteroatoms. The van der Waals surface area contributed by atoms with E-state index in [-0.39, 0.29) is 55.8 Å². The SMILES string of the molecule is Cc1nc(-c2ccc(C(C)(C)C)cc2)ncc1C(=O)NCC(=O)N(C)C1C(=O)NCC(=O)NC(C)Cc2ccc(OCCN)c(c2)-c2cc1ccc2OCCN. The second-order valence-electron chi connectivity index (χ2n) is 14.9. The summed E-state index contributed by atoms with van der Waals surface area (Å²) in [6.45, 7) is 10.3. The van der Waals surface area contributed by atoms with Crippen LogP contribution in [-0.2, 0) is 26.2 Å². The van der Waals surface area contributed by atoms with E-state index < -0.39 is 30.3 Å². The number of carbonyl (C=O) groups excluding carboxylic acids is 4. The van der Waals surface area contributed by atoms with Crippen LogP contribution in [0.3, 0.4) is 0 Å². The summed E-state index contributed by atoms with van der Waals surface area (Å²) in [6, 6.07) is 17.4. The van der Waals surface area contributed by atoms with Crippen LogP contribution >= 0.6 is 0 Å². The summed E-state index contributed by atoms with van der Waals surface area (Å²) in [5.41, 5.74) is 16.8. The Morgan fingerprint density at radius 2 is 1.59 bits per heavy atom. The first-order chi connectivity index (χ1) is 26.7. The van der Waals surface area contributed by atoms with Crippen LogP contribution in [0.5, 0.6) is 11.5 Å². The van der Waals surface area contributed by atoms with Gasteiger partial charge in [0.15, 0.2) is 5.82 Å². The van der Waals surface area contributed by atoms with E-state index in [1.165, 1.54) is 23.7 Å². The first kappa shape index (κ1) is 41.3. The number of hydrogen-bond acceptors (Lipinski definition) is 10. The summed E-state index contributed by atoms with van der Waals surface area (Å²) >= 11 is 0. The molecule has 56 heavy (non-hydrogen) atoms. The number of nitrogens with two attached hydrogens (primary N) is 2. The first-order valence-corrected chi connectivity index (χ1v) is 18.7. The fourth-order valence-corrected chi connectivity index (χ4v) is 6.45. The van der Waals surface area contributed by atoms with Crippen molar-refractivity contribution < 1.29 is 28.7 Å². The first-order valence-electron chi connectivity index (χ1n) is 18.7. The molecule has 1 aromatic heterocycles. The minimum absolute atomic E-state index is 0.00261. The molecule has 4 aromatic rings. The summed E-state index contributed by atoms with van der Waals surface area (Å²) in [4.78, 5) is 64.2. The van der Waals surface area contributed by atoms with E-state index in [1.807, 2.05) is 49.4 Å². The summed E-state index contributed by atoms with van der Waals surface area (Å²) in [7, 11) is 1.47. The predicted molar refractivity (Wildman–Crippen MR) is 214 cm³/mol. The second-order valence-corrected chi connectivity index (χ2v) is 14.9. The van der Waals surface area contributed by atoms with Crippen molar-refractivity contribution >= 4 is 23.6 Å². The van der Waals surface area contributed by atoms with E-state index in [4.69, 9.17) is 20.9 Å². The van der Waals surface area contributed by atoms with Gasteiger partial charge in [0.1, 0.15) is 30.8 Å². The smallest absolute Gasteiger partial charge is 0.255 e. The minimum atomic E-state index is -1.21. The van der Waals surface area contributed by atoms with E-state index in [0.717, 1.165) is 11.1 Å². The van der Waals surface area contributed by atoms with Crippen molar-refractivity contribution in [3.63, 3.8) is 0 Å². The third-order valence-corrected chi connectivity index (χ3v) is 9.44. The van der Waals surface area contributed by atoms with E-state index in [0.29, 0.717) is 46.1 Å². The Balaban J connectivity index is 1.43. The number of carbonyl (C=O) groups is 4. The molecule has 1 aliphatic heterocycles. The van der Waals surface area contributed by atoms with Crippen LogP contribution in [0.4, 0.5) is 0 Å². The number of nitrogens with zero attached hydrogens (tertiary/aromatic N) is 3. The molecule has 4 bridgehead atoms. The van der Waals surface area contributed by atoms with Gasteiger partial charge in [0.05, 0.1) is 24.3 Å². The number of hydrogen-bond donors (Lipinski definition) is 5. The zero-order chi connectivity index (χ0) is 40.6. The van der Waals surface area contributed by atoms with Crippen molar-refractivity contribution in [2.24, 2.45) is 11.5 Å². The largest absolute Gasteiger partial charge is 0.492 e. The summed E-state index contributed by atoms with van der Waals surface area (Å²) in [5, 5.41) is 8.27. The molecule has 0 fully saturated rings. The van der Waals surface area contributed by atoms with Gasteiger partial charge in [-0.3, -0.25) is 19.2 Å². The van der Waals surface area contributed by atoms with Crippen LogP contribution < -0.4 is 36.9 Å². The van der Waals surface area contributed by atoms with Crippen LogP contribution in [0.2, 0.25) is 0 Å². The van der Waals surface area contributed by atoms with Gasteiger partial charge in [-0.2, -0.15) is 0 Å². The highest BCUT2D eigenvalue weighted by molar-refractivity contribution is 5.98. The van der Waals surface area contributed by atoms with Crippen LogP contribution in [0.25, 0.3) is 22.5 Å². The van der Waals surface area contributed by atoms with Crippen molar-refractivity contribution in [3.8, 4) is 34.0 Å². The highest BCUT2D eigenvalue weighted by atomic mass is 16.5. The Kier molecular flexibility index (Phi) is 13.4. The monoisotopic (exact) mass is 764 g/mol.